The van der Waals surface area contributed by atoms with Crippen molar-refractivity contribution >= 4 is 16.9 Å². The number of hydrogen-bond donors (Lipinski definition) is 1. The van der Waals surface area contributed by atoms with Crippen LogP contribution in [0.1, 0.15) is 19.4 Å². The van der Waals surface area contributed by atoms with Crippen LogP contribution in [0.4, 0.5) is 0 Å². The maximum absolute atomic E-state index is 12.5. The Bertz CT molecular complexity index is 734. The molecule has 1 aliphatic heterocycles. The number of rotatable bonds is 7. The molecule has 2 heterocycles. The number of nitrogens with zero attached hydrogens (tertiary/aromatic N) is 1. The van der Waals surface area contributed by atoms with E-state index in [9.17, 15) is 4.79 Å². The summed E-state index contributed by atoms with van der Waals surface area (Å²) in [6, 6.07) is 5.98. The van der Waals surface area contributed by atoms with E-state index in [2.05, 4.69) is 24.1 Å². The van der Waals surface area contributed by atoms with Crippen LogP contribution in [0.25, 0.3) is 11.0 Å². The molecule has 3 rings (SSSR count). The van der Waals surface area contributed by atoms with E-state index in [-0.39, 0.29) is 5.91 Å². The van der Waals surface area contributed by atoms with E-state index < -0.39 is 0 Å². The fourth-order valence-electron chi connectivity index (χ4n) is 3.48. The predicted molar refractivity (Wildman–Crippen MR) is 100 cm³/mol. The van der Waals surface area contributed by atoms with Gasteiger partial charge in [0.15, 0.2) is 0 Å². The third-order valence-corrected chi connectivity index (χ3v) is 5.01. The van der Waals surface area contributed by atoms with Crippen LogP contribution < -0.4 is 10.1 Å². The zero-order chi connectivity index (χ0) is 18.5. The zero-order valence-corrected chi connectivity index (χ0v) is 15.8. The van der Waals surface area contributed by atoms with Crippen LogP contribution in [0, 0.1) is 5.92 Å². The number of benzene rings is 1. The van der Waals surface area contributed by atoms with Crippen molar-refractivity contribution in [3.05, 3.63) is 30.0 Å². The van der Waals surface area contributed by atoms with Crippen LogP contribution in [-0.2, 0) is 16.0 Å². The van der Waals surface area contributed by atoms with Crippen molar-refractivity contribution in [3.63, 3.8) is 0 Å². The Labute approximate surface area is 154 Å². The molecular weight excluding hydrogens is 332 g/mol. The van der Waals surface area contributed by atoms with Gasteiger partial charge in [-0.2, -0.15) is 0 Å². The number of nitrogens with one attached hydrogen (secondary N) is 1. The second-order valence-corrected chi connectivity index (χ2v) is 7.06. The molecule has 142 valence electrons. The van der Waals surface area contributed by atoms with Gasteiger partial charge in [-0.1, -0.05) is 13.8 Å². The summed E-state index contributed by atoms with van der Waals surface area (Å²) in [4.78, 5) is 14.9. The first-order valence-electron chi connectivity index (χ1n) is 9.21. The van der Waals surface area contributed by atoms with Crippen molar-refractivity contribution in [2.45, 2.75) is 26.3 Å². The normalized spacial score (nSPS) is 16.8. The minimum absolute atomic E-state index is 0.0161. The highest BCUT2D eigenvalue weighted by Gasteiger charge is 2.24. The average Bonchev–Trinajstić information content (AvgIpc) is 3.04. The van der Waals surface area contributed by atoms with Gasteiger partial charge < -0.3 is 19.2 Å². The molecule has 1 fully saturated rings. The van der Waals surface area contributed by atoms with Crippen molar-refractivity contribution in [2.24, 2.45) is 5.92 Å². The highest BCUT2D eigenvalue weighted by Crippen LogP contribution is 2.25. The number of methoxy groups -OCH3 is 1. The number of fused-ring (bicyclic) bond motifs is 1. The van der Waals surface area contributed by atoms with Gasteiger partial charge in [-0.15, -0.1) is 0 Å². The lowest BCUT2D eigenvalue weighted by Crippen LogP contribution is -2.51. The summed E-state index contributed by atoms with van der Waals surface area (Å²) in [5, 5.41) is 4.05. The van der Waals surface area contributed by atoms with Gasteiger partial charge >= 0.3 is 0 Å². The van der Waals surface area contributed by atoms with Crippen LogP contribution in [0.15, 0.2) is 28.9 Å². The Balaban J connectivity index is 1.59. The van der Waals surface area contributed by atoms with E-state index in [1.165, 1.54) is 0 Å². The second-order valence-electron chi connectivity index (χ2n) is 7.06. The first-order chi connectivity index (χ1) is 12.6. The number of morpholine rings is 1. The number of hydrogen-bond acceptors (Lipinski definition) is 5. The van der Waals surface area contributed by atoms with Gasteiger partial charge in [0.1, 0.15) is 11.3 Å². The molecule has 26 heavy (non-hydrogen) atoms. The first kappa shape index (κ1) is 18.7. The van der Waals surface area contributed by atoms with Gasteiger partial charge in [0.2, 0.25) is 5.91 Å². The minimum atomic E-state index is 0.0161. The quantitative estimate of drug-likeness (QED) is 0.822. The van der Waals surface area contributed by atoms with Gasteiger partial charge in [-0.05, 0) is 18.1 Å². The van der Waals surface area contributed by atoms with Crippen molar-refractivity contribution in [2.75, 3.05) is 40.0 Å². The molecule has 0 saturated carbocycles. The Morgan fingerprint density at radius 1 is 1.31 bits per heavy atom. The SMILES string of the molecule is COc1ccc2c(CC(=O)NCC(C(C)C)N3CCOCC3)coc2c1. The third-order valence-electron chi connectivity index (χ3n) is 5.01. The van der Waals surface area contributed by atoms with E-state index in [0.29, 0.717) is 24.9 Å². The topological polar surface area (TPSA) is 63.9 Å². The molecule has 6 nitrogen and oxygen atoms in total. The van der Waals surface area contributed by atoms with Crippen LogP contribution in [-0.4, -0.2) is 56.8 Å². The summed E-state index contributed by atoms with van der Waals surface area (Å²) < 4.78 is 16.2. The first-order valence-corrected chi connectivity index (χ1v) is 9.21. The summed E-state index contributed by atoms with van der Waals surface area (Å²) in [6.07, 6.45) is 1.97. The molecule has 1 atom stereocenters. The fraction of sp³-hybridized carbons (Fsp3) is 0.550. The summed E-state index contributed by atoms with van der Waals surface area (Å²) in [5.41, 5.74) is 1.63. The highest BCUT2D eigenvalue weighted by molar-refractivity contribution is 5.88. The molecule has 1 unspecified atom stereocenters. The molecule has 0 radical (unpaired) electrons. The molecule has 1 amide bonds. The molecule has 6 heteroatoms. The molecular formula is C20H28N2O4. The molecule has 2 aromatic rings. The van der Waals surface area contributed by atoms with Crippen molar-refractivity contribution in [1.29, 1.82) is 0 Å². The Hall–Kier alpha value is -2.05. The molecule has 1 saturated heterocycles. The van der Waals surface area contributed by atoms with Crippen LogP contribution in [0.5, 0.6) is 5.75 Å². The maximum Gasteiger partial charge on any atom is 0.224 e. The van der Waals surface area contributed by atoms with E-state index >= 15 is 0 Å². The van der Waals surface area contributed by atoms with Crippen molar-refractivity contribution in [3.8, 4) is 5.75 Å². The monoisotopic (exact) mass is 360 g/mol. The lowest BCUT2D eigenvalue weighted by Gasteiger charge is -2.36. The summed E-state index contributed by atoms with van der Waals surface area (Å²) >= 11 is 0. The second kappa shape index (κ2) is 8.56. The molecule has 0 spiro atoms. The smallest absolute Gasteiger partial charge is 0.224 e. The van der Waals surface area contributed by atoms with Gasteiger partial charge in [0, 0.05) is 42.7 Å². The van der Waals surface area contributed by atoms with Gasteiger partial charge in [-0.3, -0.25) is 9.69 Å². The van der Waals surface area contributed by atoms with Crippen molar-refractivity contribution < 1.29 is 18.7 Å². The predicted octanol–water partition coefficient (Wildman–Crippen LogP) is 2.46. The highest BCUT2D eigenvalue weighted by atomic mass is 16.5. The number of furan rings is 1. The van der Waals surface area contributed by atoms with Crippen LogP contribution >= 0.6 is 0 Å². The maximum atomic E-state index is 12.5. The molecule has 0 bridgehead atoms. The van der Waals surface area contributed by atoms with Gasteiger partial charge in [-0.25, -0.2) is 0 Å². The van der Waals surface area contributed by atoms with E-state index in [0.717, 1.165) is 48.6 Å². The lowest BCUT2D eigenvalue weighted by atomic mass is 10.0. The molecule has 1 aromatic heterocycles. The summed E-state index contributed by atoms with van der Waals surface area (Å²) in [7, 11) is 1.62. The molecule has 1 aromatic carbocycles. The molecule has 1 N–H and O–H groups in total. The number of amides is 1. The fourth-order valence-corrected chi connectivity index (χ4v) is 3.48. The van der Waals surface area contributed by atoms with E-state index in [1.807, 2.05) is 18.2 Å². The van der Waals surface area contributed by atoms with Crippen molar-refractivity contribution in [1.82, 2.24) is 10.2 Å². The third kappa shape index (κ3) is 4.37. The number of ether oxygens (including phenoxy) is 2. The zero-order valence-electron chi connectivity index (χ0n) is 15.8. The summed E-state index contributed by atoms with van der Waals surface area (Å²) in [6.45, 7) is 8.43. The minimum Gasteiger partial charge on any atom is -0.497 e. The largest absolute Gasteiger partial charge is 0.497 e. The Morgan fingerprint density at radius 3 is 2.77 bits per heavy atom. The standard InChI is InChI=1S/C20H28N2O4/c1-14(2)18(22-6-8-25-9-7-22)12-21-20(23)10-15-13-26-19-11-16(24-3)4-5-17(15)19/h4-5,11,13-14,18H,6-10,12H2,1-3H3,(H,21,23). The molecule has 1 aliphatic rings. The Morgan fingerprint density at radius 2 is 2.08 bits per heavy atom. The summed E-state index contributed by atoms with van der Waals surface area (Å²) in [5.74, 6) is 1.23. The lowest BCUT2D eigenvalue weighted by molar-refractivity contribution is -0.120. The number of carbonyl (C=O) groups is 1. The number of carbonyl (C=O) groups excluding carboxylic acids is 1. The van der Waals surface area contributed by atoms with Gasteiger partial charge in [0.25, 0.3) is 0 Å². The van der Waals surface area contributed by atoms with Crippen LogP contribution in [0.2, 0.25) is 0 Å². The average molecular weight is 360 g/mol. The van der Waals surface area contributed by atoms with Crippen LogP contribution in [0.3, 0.4) is 0 Å². The van der Waals surface area contributed by atoms with E-state index in [1.54, 1.807) is 13.4 Å². The molecule has 0 aliphatic carbocycles. The van der Waals surface area contributed by atoms with E-state index in [4.69, 9.17) is 13.9 Å². The van der Waals surface area contributed by atoms with Gasteiger partial charge in [0.05, 0.1) is 33.0 Å². The Kier molecular flexibility index (Phi) is 6.16.